The molecule has 0 N–H and O–H groups in total. The second kappa shape index (κ2) is 5.39. The summed E-state index contributed by atoms with van der Waals surface area (Å²) in [6, 6.07) is 8.70. The lowest BCUT2D eigenvalue weighted by Gasteiger charge is -2.27. The Kier molecular flexibility index (Phi) is 3.90. The molecule has 2 aromatic carbocycles. The molecule has 134 valence electrons. The van der Waals surface area contributed by atoms with Crippen LogP contribution in [0.15, 0.2) is 35.2 Å². The van der Waals surface area contributed by atoms with E-state index in [9.17, 15) is 13.0 Å². The maximum absolute atomic E-state index is 11.7. The third-order valence-corrected chi connectivity index (χ3v) is 5.97. The molecule has 4 nitrogen and oxygen atoms in total. The van der Waals surface area contributed by atoms with E-state index in [-0.39, 0.29) is 15.7 Å². The summed E-state index contributed by atoms with van der Waals surface area (Å²) in [6.07, 6.45) is 0. The van der Waals surface area contributed by atoms with E-state index in [1.165, 1.54) is 11.8 Å². The lowest BCUT2D eigenvalue weighted by Crippen LogP contribution is -2.39. The van der Waals surface area contributed by atoms with Crippen molar-refractivity contribution < 1.29 is 17.5 Å². The Bertz CT molecular complexity index is 1010. The first-order chi connectivity index (χ1) is 11.4. The first kappa shape index (κ1) is 18.1. The highest BCUT2D eigenvalue weighted by atomic mass is 32.2. The predicted octanol–water partition coefficient (Wildman–Crippen LogP) is 4.19. The fraction of sp³-hybridized carbons (Fsp3) is 0.450. The Morgan fingerprint density at radius 1 is 1.08 bits per heavy atom. The van der Waals surface area contributed by atoms with Gasteiger partial charge < -0.3 is 4.55 Å². The molecule has 5 heteroatoms. The Balaban J connectivity index is 2.46. The fourth-order valence-corrected chi connectivity index (χ4v) is 5.36. The molecule has 0 bridgehead atoms. The number of benzene rings is 2. The third-order valence-electron chi connectivity index (χ3n) is 5.07. The average Bonchev–Trinajstić information content (AvgIpc) is 2.72. The fourth-order valence-electron chi connectivity index (χ4n) is 4.66. The van der Waals surface area contributed by atoms with Gasteiger partial charge in [-0.15, -0.1) is 0 Å². The smallest absolute Gasteiger partial charge is 0.210 e. The van der Waals surface area contributed by atoms with Gasteiger partial charge in [-0.3, -0.25) is 0 Å². The van der Waals surface area contributed by atoms with E-state index in [0.717, 1.165) is 23.2 Å². The zero-order valence-corrected chi connectivity index (χ0v) is 16.5. The second-order valence-electron chi connectivity index (χ2n) is 8.23. The van der Waals surface area contributed by atoms with Crippen LogP contribution in [0.1, 0.15) is 47.1 Å². The summed E-state index contributed by atoms with van der Waals surface area (Å²) >= 11 is 0. The molecule has 0 atom stereocenters. The normalized spacial score (nSPS) is 17.2. The summed E-state index contributed by atoms with van der Waals surface area (Å²) in [5.74, 6) is 0. The predicted molar refractivity (Wildman–Crippen MR) is 99.9 cm³/mol. The van der Waals surface area contributed by atoms with Crippen LogP contribution >= 0.6 is 0 Å². The highest BCUT2D eigenvalue weighted by molar-refractivity contribution is 7.86. The molecule has 0 amide bonds. The van der Waals surface area contributed by atoms with E-state index in [1.807, 2.05) is 12.1 Å². The lowest BCUT2D eigenvalue weighted by molar-refractivity contribution is -0.438. The van der Waals surface area contributed by atoms with Gasteiger partial charge in [0.05, 0.1) is 10.3 Å². The summed E-state index contributed by atoms with van der Waals surface area (Å²) in [5, 5.41) is 1.35. The van der Waals surface area contributed by atoms with Crippen molar-refractivity contribution in [3.63, 3.8) is 0 Å². The zero-order valence-electron chi connectivity index (χ0n) is 15.7. The van der Waals surface area contributed by atoms with Crippen LogP contribution < -0.4 is 0 Å². The average molecular weight is 359 g/mol. The molecule has 1 aliphatic heterocycles. The zero-order chi connectivity index (χ0) is 18.8. The Morgan fingerprint density at radius 3 is 2.24 bits per heavy atom. The minimum atomic E-state index is -4.52. The van der Waals surface area contributed by atoms with E-state index in [0.29, 0.717) is 5.39 Å². The summed E-state index contributed by atoms with van der Waals surface area (Å²) in [4.78, 5) is -0.143. The van der Waals surface area contributed by atoms with Crippen molar-refractivity contribution in [2.45, 2.75) is 51.9 Å². The van der Waals surface area contributed by atoms with Gasteiger partial charge in [0.15, 0.2) is 5.71 Å². The number of rotatable bonds is 2. The molecule has 2 aromatic rings. The van der Waals surface area contributed by atoms with Crippen molar-refractivity contribution in [2.75, 3.05) is 6.54 Å². The van der Waals surface area contributed by atoms with Crippen LogP contribution in [-0.2, 0) is 15.5 Å². The molecule has 3 rings (SSSR count). The lowest BCUT2D eigenvalue weighted by atomic mass is 9.70. The highest BCUT2D eigenvalue weighted by Crippen LogP contribution is 2.48. The molecule has 0 unspecified atom stereocenters. The first-order valence-corrected chi connectivity index (χ1v) is 9.99. The van der Waals surface area contributed by atoms with Crippen LogP contribution in [0.2, 0.25) is 0 Å². The van der Waals surface area contributed by atoms with Crippen molar-refractivity contribution in [3.05, 3.63) is 35.9 Å². The standard InChI is InChI=1S/C20H25NO3S/c1-7-21-15-12-11-13-14(9-8-10-16(13)25(22,23)24)17(15)20(5,6)18(21)19(2,3)4/h8-12H,7H2,1-6H3. The van der Waals surface area contributed by atoms with E-state index in [1.54, 1.807) is 12.1 Å². The molecular formula is C20H25NO3S. The van der Waals surface area contributed by atoms with Crippen LogP contribution in [0.3, 0.4) is 0 Å². The van der Waals surface area contributed by atoms with Gasteiger partial charge in [-0.05, 0) is 43.7 Å². The van der Waals surface area contributed by atoms with Crippen molar-refractivity contribution in [1.29, 1.82) is 0 Å². The van der Waals surface area contributed by atoms with E-state index in [4.69, 9.17) is 0 Å². The van der Waals surface area contributed by atoms with E-state index in [2.05, 4.69) is 46.1 Å². The van der Waals surface area contributed by atoms with Gasteiger partial charge in [-0.25, -0.2) is 8.42 Å². The SMILES string of the molecule is CC[N+]1=C(C(C)(C)C)C(C)(C)c2c1ccc1c(S(=O)(=O)[O-])cccc21. The monoisotopic (exact) mass is 359 g/mol. The minimum absolute atomic E-state index is 0.0346. The van der Waals surface area contributed by atoms with Crippen LogP contribution in [0.25, 0.3) is 10.8 Å². The van der Waals surface area contributed by atoms with Crippen LogP contribution in [0.4, 0.5) is 5.69 Å². The topological polar surface area (TPSA) is 60.2 Å². The Morgan fingerprint density at radius 2 is 1.72 bits per heavy atom. The number of hydrogen-bond donors (Lipinski definition) is 0. The van der Waals surface area contributed by atoms with Gasteiger partial charge >= 0.3 is 0 Å². The quantitative estimate of drug-likeness (QED) is 0.597. The van der Waals surface area contributed by atoms with Gasteiger partial charge in [0, 0.05) is 17.0 Å². The summed E-state index contributed by atoms with van der Waals surface area (Å²) in [6.45, 7) is 13.9. The van der Waals surface area contributed by atoms with Crippen LogP contribution in [0.5, 0.6) is 0 Å². The largest absolute Gasteiger partial charge is 0.744 e. The summed E-state index contributed by atoms with van der Waals surface area (Å²) in [5.41, 5.74) is 3.22. The van der Waals surface area contributed by atoms with Crippen LogP contribution in [0, 0.1) is 5.41 Å². The maximum Gasteiger partial charge on any atom is 0.210 e. The molecule has 0 saturated heterocycles. The van der Waals surface area contributed by atoms with Crippen molar-refractivity contribution in [2.24, 2.45) is 5.41 Å². The van der Waals surface area contributed by atoms with Crippen molar-refractivity contribution in [1.82, 2.24) is 0 Å². The summed E-state index contributed by atoms with van der Waals surface area (Å²) < 4.78 is 37.4. The molecule has 0 radical (unpaired) electrons. The molecule has 0 saturated carbocycles. The minimum Gasteiger partial charge on any atom is -0.744 e. The summed E-state index contributed by atoms with van der Waals surface area (Å²) in [7, 11) is -4.52. The molecular weight excluding hydrogens is 334 g/mol. The molecule has 1 aliphatic rings. The van der Waals surface area contributed by atoms with Crippen molar-refractivity contribution >= 4 is 32.3 Å². The van der Waals surface area contributed by atoms with Crippen molar-refractivity contribution in [3.8, 4) is 0 Å². The second-order valence-corrected chi connectivity index (χ2v) is 9.58. The first-order valence-electron chi connectivity index (χ1n) is 8.58. The Hall–Kier alpha value is -1.72. The molecule has 0 aliphatic carbocycles. The van der Waals surface area contributed by atoms with Gasteiger partial charge in [0.25, 0.3) is 0 Å². The molecule has 0 aromatic heterocycles. The van der Waals surface area contributed by atoms with Gasteiger partial charge in [-0.1, -0.05) is 32.9 Å². The number of fused-ring (bicyclic) bond motifs is 3. The van der Waals surface area contributed by atoms with E-state index >= 15 is 0 Å². The molecule has 0 fully saturated rings. The third kappa shape index (κ3) is 2.61. The molecule has 0 spiro atoms. The van der Waals surface area contributed by atoms with Crippen LogP contribution in [-0.4, -0.2) is 29.8 Å². The number of hydrogen-bond acceptors (Lipinski definition) is 3. The van der Waals surface area contributed by atoms with Gasteiger partial charge in [0.2, 0.25) is 5.69 Å². The molecule has 1 heterocycles. The molecule has 25 heavy (non-hydrogen) atoms. The maximum atomic E-state index is 11.7. The van der Waals surface area contributed by atoms with Gasteiger partial charge in [-0.2, -0.15) is 4.58 Å². The number of nitrogens with zero attached hydrogens (tertiary/aromatic N) is 1. The Labute approximate surface area is 149 Å². The highest BCUT2D eigenvalue weighted by Gasteiger charge is 2.51. The van der Waals surface area contributed by atoms with E-state index < -0.39 is 10.1 Å². The van der Waals surface area contributed by atoms with Gasteiger partial charge in [0.1, 0.15) is 16.7 Å².